The number of primary amides is 1. The molecular weight excluding hydrogens is 565 g/mol. The summed E-state index contributed by atoms with van der Waals surface area (Å²) in [6, 6.07) is 13.1. The van der Waals surface area contributed by atoms with Gasteiger partial charge in [0.05, 0.1) is 16.5 Å². The van der Waals surface area contributed by atoms with Gasteiger partial charge in [-0.15, -0.1) is 0 Å². The average Bonchev–Trinajstić information content (AvgIpc) is 3.27. The number of carbonyl (C=O) groups is 1. The van der Waals surface area contributed by atoms with E-state index in [-0.39, 0.29) is 28.6 Å². The predicted octanol–water partition coefficient (Wildman–Crippen LogP) is 3.19. The minimum Gasteiger partial charge on any atom is -0.368 e. The standard InChI is InChI=1S/C26H25Cl2N5O5S/c1-15(16-10-12-39(37,38)13-11-16)32-24-22(25(35)31(26(32)36)14-21(29)34)33(18-8-6-17(27)7-9-18)23(30-24)19-4-2-3-5-20(19)28/h2-9,15-16H,10-14H2,1H3,(H2,29,34)/t15-/m0/s1. The third kappa shape index (κ3) is 5.02. The first-order valence-corrected chi connectivity index (χ1v) is 14.8. The summed E-state index contributed by atoms with van der Waals surface area (Å²) in [7, 11) is -3.15. The zero-order valence-corrected chi connectivity index (χ0v) is 23.2. The average molecular weight is 590 g/mol. The van der Waals surface area contributed by atoms with E-state index in [9.17, 15) is 22.8 Å². The number of hydrogen-bond donors (Lipinski definition) is 1. The Labute approximate surface area is 233 Å². The molecule has 0 spiro atoms. The van der Waals surface area contributed by atoms with Crippen LogP contribution < -0.4 is 17.0 Å². The van der Waals surface area contributed by atoms with Gasteiger partial charge in [0.15, 0.2) is 11.2 Å². The highest BCUT2D eigenvalue weighted by molar-refractivity contribution is 7.91. The van der Waals surface area contributed by atoms with Crippen LogP contribution in [-0.2, 0) is 21.2 Å². The summed E-state index contributed by atoms with van der Waals surface area (Å²) in [6.07, 6.45) is 0.698. The number of fused-ring (bicyclic) bond motifs is 1. The molecule has 39 heavy (non-hydrogen) atoms. The number of imidazole rings is 1. The normalized spacial score (nSPS) is 16.4. The van der Waals surface area contributed by atoms with Gasteiger partial charge in [0.1, 0.15) is 22.2 Å². The minimum absolute atomic E-state index is 0.00487. The van der Waals surface area contributed by atoms with Crippen LogP contribution in [0.4, 0.5) is 0 Å². The summed E-state index contributed by atoms with van der Waals surface area (Å²) in [6.45, 7) is 1.16. The highest BCUT2D eigenvalue weighted by Gasteiger charge is 2.32. The van der Waals surface area contributed by atoms with Crippen LogP contribution in [0.3, 0.4) is 0 Å². The van der Waals surface area contributed by atoms with E-state index in [1.807, 2.05) is 0 Å². The number of nitrogens with zero attached hydrogens (tertiary/aromatic N) is 4. The topological polar surface area (TPSA) is 139 Å². The maximum atomic E-state index is 13.9. The maximum absolute atomic E-state index is 13.9. The van der Waals surface area contributed by atoms with Gasteiger partial charge in [-0.3, -0.25) is 18.7 Å². The van der Waals surface area contributed by atoms with Crippen molar-refractivity contribution < 1.29 is 13.2 Å². The van der Waals surface area contributed by atoms with Crippen LogP contribution in [0.2, 0.25) is 10.0 Å². The second-order valence-corrected chi connectivity index (χ2v) is 12.8. The summed E-state index contributed by atoms with van der Waals surface area (Å²) < 4.78 is 27.9. The predicted molar refractivity (Wildman–Crippen MR) is 150 cm³/mol. The molecule has 0 aliphatic carbocycles. The van der Waals surface area contributed by atoms with E-state index in [2.05, 4.69) is 0 Å². The lowest BCUT2D eigenvalue weighted by Crippen LogP contribution is -2.45. The summed E-state index contributed by atoms with van der Waals surface area (Å²) in [5, 5.41) is 0.853. The monoisotopic (exact) mass is 589 g/mol. The Hall–Kier alpha value is -3.41. The van der Waals surface area contributed by atoms with Crippen LogP contribution in [0.5, 0.6) is 0 Å². The van der Waals surface area contributed by atoms with E-state index in [0.29, 0.717) is 40.0 Å². The Kier molecular flexibility index (Phi) is 7.17. The molecule has 0 radical (unpaired) electrons. The molecule has 1 fully saturated rings. The zero-order valence-electron chi connectivity index (χ0n) is 20.9. The first kappa shape index (κ1) is 27.2. The Morgan fingerprint density at radius 2 is 1.72 bits per heavy atom. The van der Waals surface area contributed by atoms with E-state index in [1.54, 1.807) is 60.0 Å². The van der Waals surface area contributed by atoms with Gasteiger partial charge >= 0.3 is 5.69 Å². The quantitative estimate of drug-likeness (QED) is 0.366. The maximum Gasteiger partial charge on any atom is 0.333 e. The molecule has 2 aromatic carbocycles. The molecule has 1 aliphatic rings. The van der Waals surface area contributed by atoms with Gasteiger partial charge in [-0.2, -0.15) is 0 Å². The summed E-state index contributed by atoms with van der Waals surface area (Å²) in [5.41, 5.74) is 5.10. The smallest absolute Gasteiger partial charge is 0.333 e. The molecule has 1 amide bonds. The lowest BCUT2D eigenvalue weighted by Gasteiger charge is -2.29. The number of benzene rings is 2. The lowest BCUT2D eigenvalue weighted by atomic mass is 9.94. The lowest BCUT2D eigenvalue weighted by molar-refractivity contribution is -0.118. The first-order chi connectivity index (χ1) is 18.5. The summed E-state index contributed by atoms with van der Waals surface area (Å²) >= 11 is 12.7. The number of amides is 1. The molecule has 0 unspecified atom stereocenters. The van der Waals surface area contributed by atoms with Gasteiger partial charge in [0.2, 0.25) is 5.91 Å². The van der Waals surface area contributed by atoms with Crippen molar-refractivity contribution in [3.05, 3.63) is 79.4 Å². The van der Waals surface area contributed by atoms with Crippen molar-refractivity contribution in [1.82, 2.24) is 18.7 Å². The van der Waals surface area contributed by atoms with Crippen LogP contribution in [0.15, 0.2) is 58.1 Å². The Morgan fingerprint density at radius 3 is 2.33 bits per heavy atom. The van der Waals surface area contributed by atoms with Crippen molar-refractivity contribution in [1.29, 1.82) is 0 Å². The summed E-state index contributed by atoms with van der Waals surface area (Å²) in [4.78, 5) is 44.3. The summed E-state index contributed by atoms with van der Waals surface area (Å²) in [5.74, 6) is -0.729. The van der Waals surface area contributed by atoms with E-state index in [4.69, 9.17) is 33.9 Å². The van der Waals surface area contributed by atoms with Crippen LogP contribution in [0, 0.1) is 5.92 Å². The van der Waals surface area contributed by atoms with Gasteiger partial charge in [0, 0.05) is 22.3 Å². The van der Waals surface area contributed by atoms with Crippen molar-refractivity contribution >= 4 is 50.1 Å². The highest BCUT2D eigenvalue weighted by Crippen LogP contribution is 2.34. The molecule has 0 bridgehead atoms. The van der Waals surface area contributed by atoms with Crippen molar-refractivity contribution in [3.63, 3.8) is 0 Å². The fourth-order valence-corrected chi connectivity index (χ4v) is 7.01. The molecule has 4 aromatic rings. The molecule has 2 N–H and O–H groups in total. The SMILES string of the molecule is C[C@@H](C1CCS(=O)(=O)CC1)n1c(=O)n(CC(N)=O)c(=O)c2c1nc(-c1ccccc1Cl)n2-c1ccc(Cl)cc1. The number of nitrogens with two attached hydrogens (primary N) is 1. The molecule has 204 valence electrons. The second kappa shape index (κ2) is 10.3. The van der Waals surface area contributed by atoms with E-state index < -0.39 is 39.6 Å². The third-order valence-electron chi connectivity index (χ3n) is 7.17. The minimum atomic E-state index is -3.15. The third-order valence-corrected chi connectivity index (χ3v) is 9.47. The van der Waals surface area contributed by atoms with E-state index in [0.717, 1.165) is 4.57 Å². The molecule has 3 heterocycles. The molecule has 1 saturated heterocycles. The first-order valence-electron chi connectivity index (χ1n) is 12.3. The number of sulfone groups is 1. The zero-order chi connectivity index (χ0) is 28.1. The number of hydrogen-bond acceptors (Lipinski definition) is 6. The van der Waals surface area contributed by atoms with Gasteiger partial charge in [-0.1, -0.05) is 35.3 Å². The van der Waals surface area contributed by atoms with Gasteiger partial charge in [0.25, 0.3) is 5.56 Å². The molecule has 13 heteroatoms. The van der Waals surface area contributed by atoms with Gasteiger partial charge < -0.3 is 5.73 Å². The van der Waals surface area contributed by atoms with Crippen LogP contribution in [0.25, 0.3) is 28.2 Å². The second-order valence-electron chi connectivity index (χ2n) is 9.64. The van der Waals surface area contributed by atoms with Crippen molar-refractivity contribution in [2.75, 3.05) is 11.5 Å². The number of aromatic nitrogens is 4. The number of halogens is 2. The molecule has 10 nitrogen and oxygen atoms in total. The molecule has 0 saturated carbocycles. The largest absolute Gasteiger partial charge is 0.368 e. The van der Waals surface area contributed by atoms with E-state index >= 15 is 0 Å². The van der Waals surface area contributed by atoms with Crippen LogP contribution in [0.1, 0.15) is 25.8 Å². The van der Waals surface area contributed by atoms with Crippen LogP contribution >= 0.6 is 23.2 Å². The van der Waals surface area contributed by atoms with Crippen LogP contribution in [-0.4, -0.2) is 44.5 Å². The number of rotatable bonds is 6. The highest BCUT2D eigenvalue weighted by atomic mass is 35.5. The van der Waals surface area contributed by atoms with Crippen molar-refractivity contribution in [2.24, 2.45) is 11.7 Å². The molecule has 1 aliphatic heterocycles. The fraction of sp³-hybridized carbons (Fsp3) is 0.308. The molecule has 5 rings (SSSR count). The van der Waals surface area contributed by atoms with Crippen molar-refractivity contribution in [2.45, 2.75) is 32.4 Å². The van der Waals surface area contributed by atoms with Crippen molar-refractivity contribution in [3.8, 4) is 17.1 Å². The Morgan fingerprint density at radius 1 is 1.08 bits per heavy atom. The molecule has 2 aromatic heterocycles. The van der Waals surface area contributed by atoms with Gasteiger partial charge in [-0.05, 0) is 62.1 Å². The number of carbonyl (C=O) groups excluding carboxylic acids is 1. The molecular formula is C26H25Cl2N5O5S. The Bertz CT molecular complexity index is 1810. The molecule has 1 atom stereocenters. The Balaban J connectivity index is 1.88. The fourth-order valence-electron chi connectivity index (χ4n) is 5.13. The van der Waals surface area contributed by atoms with Gasteiger partial charge in [-0.25, -0.2) is 22.8 Å². The van der Waals surface area contributed by atoms with E-state index in [1.165, 1.54) is 4.57 Å².